The molecule has 1 atom stereocenters. The van der Waals surface area contributed by atoms with Gasteiger partial charge in [0.1, 0.15) is 0 Å². The highest BCUT2D eigenvalue weighted by atomic mass is 19.4. The Kier molecular flexibility index (Phi) is 3.84. The minimum atomic E-state index is -4.26. The summed E-state index contributed by atoms with van der Waals surface area (Å²) >= 11 is 0. The fourth-order valence-corrected chi connectivity index (χ4v) is 3.24. The number of hydrogen-bond donors (Lipinski definition) is 1. The van der Waals surface area contributed by atoms with E-state index in [1.54, 1.807) is 6.07 Å². The Balaban J connectivity index is 1.73. The predicted octanol–water partition coefficient (Wildman–Crippen LogP) is 1.97. The van der Waals surface area contributed by atoms with Crippen molar-refractivity contribution < 1.29 is 13.2 Å². The van der Waals surface area contributed by atoms with Gasteiger partial charge in [0.25, 0.3) is 0 Å². The molecule has 3 rings (SSSR count). The molecule has 6 heteroatoms. The molecule has 3 nitrogen and oxygen atoms in total. The molecule has 0 amide bonds. The van der Waals surface area contributed by atoms with Gasteiger partial charge in [0.05, 0.1) is 5.56 Å². The Bertz CT molecular complexity index is 509. The average Bonchev–Trinajstić information content (AvgIpc) is 2.75. The monoisotopic (exact) mass is 299 g/mol. The summed E-state index contributed by atoms with van der Waals surface area (Å²) in [5.41, 5.74) is 1.20. The molecular weight excluding hydrogens is 279 g/mol. The Morgan fingerprint density at radius 2 is 1.95 bits per heavy atom. The Morgan fingerprint density at radius 3 is 2.62 bits per heavy atom. The molecule has 2 aliphatic heterocycles. The van der Waals surface area contributed by atoms with Crippen LogP contribution in [0.15, 0.2) is 18.2 Å². The minimum Gasteiger partial charge on any atom is -0.370 e. The van der Waals surface area contributed by atoms with Gasteiger partial charge in [0.15, 0.2) is 0 Å². The first-order valence-corrected chi connectivity index (χ1v) is 7.31. The zero-order valence-corrected chi connectivity index (χ0v) is 12.1. The van der Waals surface area contributed by atoms with Crippen LogP contribution in [0.5, 0.6) is 0 Å². The number of halogens is 3. The lowest BCUT2D eigenvalue weighted by atomic mass is 10.1. The van der Waals surface area contributed by atoms with E-state index in [0.717, 1.165) is 44.0 Å². The van der Waals surface area contributed by atoms with Crippen LogP contribution in [-0.2, 0) is 12.6 Å². The highest BCUT2D eigenvalue weighted by Gasteiger charge is 2.34. The second-order valence-corrected chi connectivity index (χ2v) is 5.86. The van der Waals surface area contributed by atoms with E-state index in [9.17, 15) is 13.2 Å². The van der Waals surface area contributed by atoms with Gasteiger partial charge in [-0.3, -0.25) is 4.90 Å². The summed E-state index contributed by atoms with van der Waals surface area (Å²) in [5, 5.41) is 3.31. The van der Waals surface area contributed by atoms with Crippen LogP contribution in [0.4, 0.5) is 18.9 Å². The third-order valence-electron chi connectivity index (χ3n) is 4.47. The lowest BCUT2D eigenvalue weighted by Crippen LogP contribution is -2.48. The maximum absolute atomic E-state index is 12.8. The van der Waals surface area contributed by atoms with Gasteiger partial charge in [-0.05, 0) is 30.2 Å². The molecule has 21 heavy (non-hydrogen) atoms. The number of alkyl halides is 3. The van der Waals surface area contributed by atoms with Crippen LogP contribution in [-0.4, -0.2) is 50.7 Å². The van der Waals surface area contributed by atoms with Gasteiger partial charge in [0, 0.05) is 51.5 Å². The van der Waals surface area contributed by atoms with Crippen molar-refractivity contribution in [1.29, 1.82) is 0 Å². The molecule has 2 aliphatic rings. The molecule has 116 valence electrons. The van der Waals surface area contributed by atoms with Crippen LogP contribution < -0.4 is 10.2 Å². The molecule has 0 aliphatic carbocycles. The summed E-state index contributed by atoms with van der Waals surface area (Å²) in [5.74, 6) is 0. The Labute approximate surface area is 122 Å². The first-order valence-electron chi connectivity index (χ1n) is 7.31. The fraction of sp³-hybridized carbons (Fsp3) is 0.600. The van der Waals surface area contributed by atoms with Crippen molar-refractivity contribution >= 4 is 5.69 Å². The van der Waals surface area contributed by atoms with Crippen molar-refractivity contribution in [2.75, 3.05) is 44.7 Å². The number of nitrogens with one attached hydrogen (secondary N) is 1. The number of rotatable bonds is 2. The SMILES string of the molecule is CN1c2ccc(C(F)(F)F)cc2CC1CN1CCNCC1. The van der Waals surface area contributed by atoms with Crippen LogP contribution in [0.25, 0.3) is 0 Å². The van der Waals surface area contributed by atoms with Crippen LogP contribution in [0.1, 0.15) is 11.1 Å². The van der Waals surface area contributed by atoms with Gasteiger partial charge in [-0.25, -0.2) is 0 Å². The number of benzene rings is 1. The van der Waals surface area contributed by atoms with Gasteiger partial charge < -0.3 is 10.2 Å². The topological polar surface area (TPSA) is 18.5 Å². The summed E-state index contributed by atoms with van der Waals surface area (Å²) in [7, 11) is 1.98. The van der Waals surface area contributed by atoms with E-state index >= 15 is 0 Å². The molecule has 1 aromatic rings. The van der Waals surface area contributed by atoms with E-state index in [0.29, 0.717) is 6.42 Å². The van der Waals surface area contributed by atoms with Crippen LogP contribution in [0.2, 0.25) is 0 Å². The van der Waals surface area contributed by atoms with E-state index in [1.165, 1.54) is 12.1 Å². The molecule has 0 aromatic heterocycles. The van der Waals surface area contributed by atoms with Crippen LogP contribution in [0.3, 0.4) is 0 Å². The number of nitrogens with zero attached hydrogens (tertiary/aromatic N) is 2. The highest BCUT2D eigenvalue weighted by Crippen LogP contribution is 2.37. The van der Waals surface area contributed by atoms with E-state index in [2.05, 4.69) is 15.1 Å². The molecule has 1 aromatic carbocycles. The predicted molar refractivity (Wildman–Crippen MR) is 76.6 cm³/mol. The van der Waals surface area contributed by atoms with Gasteiger partial charge in [0.2, 0.25) is 0 Å². The molecule has 0 bridgehead atoms. The lowest BCUT2D eigenvalue weighted by molar-refractivity contribution is -0.137. The molecular formula is C15H20F3N3. The van der Waals surface area contributed by atoms with Gasteiger partial charge in [-0.1, -0.05) is 0 Å². The van der Waals surface area contributed by atoms with Crippen LogP contribution in [0, 0.1) is 0 Å². The zero-order chi connectivity index (χ0) is 15.0. The largest absolute Gasteiger partial charge is 0.416 e. The number of anilines is 1. The first-order chi connectivity index (χ1) is 9.95. The third kappa shape index (κ3) is 3.01. The van der Waals surface area contributed by atoms with Gasteiger partial charge >= 0.3 is 6.18 Å². The quantitative estimate of drug-likeness (QED) is 0.901. The molecule has 2 heterocycles. The molecule has 0 spiro atoms. The maximum Gasteiger partial charge on any atom is 0.416 e. The molecule has 1 N–H and O–H groups in total. The van der Waals surface area contributed by atoms with Gasteiger partial charge in [-0.15, -0.1) is 0 Å². The van der Waals surface area contributed by atoms with Crippen molar-refractivity contribution in [2.24, 2.45) is 0 Å². The van der Waals surface area contributed by atoms with E-state index in [1.807, 2.05) is 7.05 Å². The molecule has 1 fully saturated rings. The second-order valence-electron chi connectivity index (χ2n) is 5.86. The van der Waals surface area contributed by atoms with Gasteiger partial charge in [-0.2, -0.15) is 13.2 Å². The summed E-state index contributed by atoms with van der Waals surface area (Å²) < 4.78 is 38.4. The first kappa shape index (κ1) is 14.7. The van der Waals surface area contributed by atoms with Crippen LogP contribution >= 0.6 is 0 Å². The third-order valence-corrected chi connectivity index (χ3v) is 4.47. The zero-order valence-electron chi connectivity index (χ0n) is 12.1. The standard InChI is InChI=1S/C15H20F3N3/c1-20-13(10-21-6-4-19-5-7-21)9-11-8-12(15(16,17)18)2-3-14(11)20/h2-3,8,13,19H,4-7,9-10H2,1H3. The van der Waals surface area contributed by atoms with E-state index in [-0.39, 0.29) is 6.04 Å². The fourth-order valence-electron chi connectivity index (χ4n) is 3.24. The molecule has 0 radical (unpaired) electrons. The minimum absolute atomic E-state index is 0.265. The van der Waals surface area contributed by atoms with Crippen molar-refractivity contribution in [3.63, 3.8) is 0 Å². The molecule has 1 saturated heterocycles. The Morgan fingerprint density at radius 1 is 1.24 bits per heavy atom. The van der Waals surface area contributed by atoms with Crippen molar-refractivity contribution in [3.05, 3.63) is 29.3 Å². The number of piperazine rings is 1. The number of hydrogen-bond acceptors (Lipinski definition) is 3. The van der Waals surface area contributed by atoms with E-state index < -0.39 is 11.7 Å². The number of fused-ring (bicyclic) bond motifs is 1. The summed E-state index contributed by atoms with van der Waals surface area (Å²) in [6, 6.07) is 4.36. The normalized spacial score (nSPS) is 23.4. The second kappa shape index (κ2) is 5.50. The van der Waals surface area contributed by atoms with Crippen molar-refractivity contribution in [3.8, 4) is 0 Å². The van der Waals surface area contributed by atoms with Crippen molar-refractivity contribution in [2.45, 2.75) is 18.6 Å². The van der Waals surface area contributed by atoms with Crippen molar-refractivity contribution in [1.82, 2.24) is 10.2 Å². The Hall–Kier alpha value is -1.27. The maximum atomic E-state index is 12.8. The summed E-state index contributed by atoms with van der Waals surface area (Å²) in [6.07, 6.45) is -3.57. The molecule has 1 unspecified atom stereocenters. The number of likely N-dealkylation sites (N-methyl/N-ethyl adjacent to an activating group) is 1. The lowest BCUT2D eigenvalue weighted by Gasteiger charge is -2.32. The highest BCUT2D eigenvalue weighted by molar-refractivity contribution is 5.60. The van der Waals surface area contributed by atoms with E-state index in [4.69, 9.17) is 0 Å². The summed E-state index contributed by atoms with van der Waals surface area (Å²) in [6.45, 7) is 4.90. The smallest absolute Gasteiger partial charge is 0.370 e. The average molecular weight is 299 g/mol. The molecule has 0 saturated carbocycles. The summed E-state index contributed by atoms with van der Waals surface area (Å²) in [4.78, 5) is 4.51.